The lowest BCUT2D eigenvalue weighted by molar-refractivity contribution is -0.147. The predicted octanol–water partition coefficient (Wildman–Crippen LogP) is -0.849. The number of amides is 3. The molecule has 0 fully saturated rings. The normalized spacial score (nSPS) is 13.9. The minimum absolute atomic E-state index is 0.00378. The highest BCUT2D eigenvalue weighted by Crippen LogP contribution is 2.19. The van der Waals surface area contributed by atoms with Gasteiger partial charge in [0.2, 0.25) is 17.7 Å². The van der Waals surface area contributed by atoms with Crippen LogP contribution in [-0.2, 0) is 30.4 Å². The number of carboxylic acid groups (broad SMARTS) is 2. The molecular weight excluding hydrogens is 548 g/mol. The predicted molar refractivity (Wildman–Crippen MR) is 155 cm³/mol. The fourth-order valence-electron chi connectivity index (χ4n) is 4.30. The van der Waals surface area contributed by atoms with E-state index in [9.17, 15) is 29.1 Å². The van der Waals surface area contributed by atoms with Crippen molar-refractivity contribution in [3.8, 4) is 0 Å². The van der Waals surface area contributed by atoms with E-state index in [2.05, 4.69) is 25.9 Å². The number of hydrogen-bond donors (Lipinski definition) is 9. The van der Waals surface area contributed by atoms with Gasteiger partial charge in [-0.05, 0) is 43.2 Å². The summed E-state index contributed by atoms with van der Waals surface area (Å²) in [6.07, 6.45) is 1.56. The number of nitrogens with zero attached hydrogens (tertiary/aromatic N) is 1. The van der Waals surface area contributed by atoms with E-state index in [1.165, 1.54) is 0 Å². The zero-order valence-electron chi connectivity index (χ0n) is 23.6. The highest BCUT2D eigenvalue weighted by atomic mass is 16.4. The summed E-state index contributed by atoms with van der Waals surface area (Å²) in [5, 5.41) is 26.6. The maximum Gasteiger partial charge on any atom is 0.326 e. The summed E-state index contributed by atoms with van der Waals surface area (Å²) in [6, 6.07) is 2.54. The first-order valence-corrected chi connectivity index (χ1v) is 13.5. The zero-order valence-corrected chi connectivity index (χ0v) is 23.6. The van der Waals surface area contributed by atoms with Gasteiger partial charge in [0.05, 0.1) is 12.5 Å². The van der Waals surface area contributed by atoms with Crippen LogP contribution in [-0.4, -0.2) is 81.5 Å². The van der Waals surface area contributed by atoms with E-state index in [0.717, 1.165) is 16.5 Å². The molecule has 0 aliphatic heterocycles. The molecule has 0 saturated carbocycles. The standard InChI is InChI=1S/C27H40N8O7/c1-14(2)10-20(34-23(38)17(28)11-15-13-32-18-7-4-3-6-16(15)18)25(40)33-19(8-5-9-31-27(29)30)24(39)35-21(26(41)42)12-22(36)37/h3-4,6-7,13-14,17,19-21,32H,5,8-12,28H2,1-2H3,(H,33,40)(H,34,38)(H,35,39)(H,36,37)(H,41,42)(H4,29,30,31). The summed E-state index contributed by atoms with van der Waals surface area (Å²) in [5.74, 6) is -5.36. The van der Waals surface area contributed by atoms with E-state index in [0.29, 0.717) is 0 Å². The highest BCUT2D eigenvalue weighted by molar-refractivity contribution is 5.95. The van der Waals surface area contributed by atoms with Crippen LogP contribution in [0, 0.1) is 5.92 Å². The van der Waals surface area contributed by atoms with Crippen LogP contribution in [0.3, 0.4) is 0 Å². The number of carbonyl (C=O) groups excluding carboxylic acids is 3. The van der Waals surface area contributed by atoms with Crippen molar-refractivity contribution in [3.05, 3.63) is 36.0 Å². The molecule has 4 unspecified atom stereocenters. The number of aliphatic imine (C=N–C) groups is 1. The Bertz CT molecular complexity index is 1290. The first-order valence-electron chi connectivity index (χ1n) is 13.5. The second kappa shape index (κ2) is 16.0. The second-order valence-electron chi connectivity index (χ2n) is 10.4. The number of nitrogens with one attached hydrogen (secondary N) is 4. The molecule has 0 aliphatic carbocycles. The number of aromatic amines is 1. The molecule has 0 radical (unpaired) electrons. The molecule has 12 N–H and O–H groups in total. The van der Waals surface area contributed by atoms with Gasteiger partial charge in [-0.25, -0.2) is 4.79 Å². The van der Waals surface area contributed by atoms with Gasteiger partial charge in [0.1, 0.15) is 18.1 Å². The van der Waals surface area contributed by atoms with Crippen LogP contribution in [0.5, 0.6) is 0 Å². The minimum Gasteiger partial charge on any atom is -0.481 e. The number of aromatic nitrogens is 1. The third-order valence-corrected chi connectivity index (χ3v) is 6.36. The van der Waals surface area contributed by atoms with Crippen LogP contribution in [0.25, 0.3) is 10.9 Å². The quantitative estimate of drug-likeness (QED) is 0.0627. The number of carboxylic acids is 2. The van der Waals surface area contributed by atoms with Gasteiger partial charge >= 0.3 is 11.9 Å². The maximum atomic E-state index is 13.4. The molecule has 0 aliphatic rings. The Morgan fingerprint density at radius 1 is 0.929 bits per heavy atom. The number of benzene rings is 1. The molecule has 42 heavy (non-hydrogen) atoms. The number of H-pyrrole nitrogens is 1. The molecule has 0 bridgehead atoms. The molecule has 15 heteroatoms. The Morgan fingerprint density at radius 3 is 2.17 bits per heavy atom. The summed E-state index contributed by atoms with van der Waals surface area (Å²) < 4.78 is 0. The SMILES string of the molecule is CC(C)CC(NC(=O)C(N)Cc1c[nH]c2ccccc12)C(=O)NC(CCCN=C(N)N)C(=O)NC(CC(=O)O)C(=O)O. The molecule has 15 nitrogen and oxygen atoms in total. The van der Waals surface area contributed by atoms with E-state index in [-0.39, 0.29) is 44.1 Å². The molecule has 0 spiro atoms. The molecule has 4 atom stereocenters. The number of nitrogens with two attached hydrogens (primary N) is 3. The summed E-state index contributed by atoms with van der Waals surface area (Å²) in [4.78, 5) is 68.9. The number of fused-ring (bicyclic) bond motifs is 1. The lowest BCUT2D eigenvalue weighted by atomic mass is 10.0. The molecule has 1 aromatic carbocycles. The van der Waals surface area contributed by atoms with E-state index >= 15 is 0 Å². The third-order valence-electron chi connectivity index (χ3n) is 6.36. The first kappa shape index (κ1) is 33.5. The van der Waals surface area contributed by atoms with Crippen molar-refractivity contribution in [1.82, 2.24) is 20.9 Å². The summed E-state index contributed by atoms with van der Waals surface area (Å²) >= 11 is 0. The van der Waals surface area contributed by atoms with Gasteiger partial charge in [-0.15, -0.1) is 0 Å². The lowest BCUT2D eigenvalue weighted by Crippen LogP contribution is -2.57. The summed E-state index contributed by atoms with van der Waals surface area (Å²) in [6.45, 7) is 3.82. The molecule has 0 saturated heterocycles. The fourth-order valence-corrected chi connectivity index (χ4v) is 4.30. The first-order chi connectivity index (χ1) is 19.8. The van der Waals surface area contributed by atoms with Crippen molar-refractivity contribution in [3.63, 3.8) is 0 Å². The largest absolute Gasteiger partial charge is 0.481 e. The van der Waals surface area contributed by atoms with Gasteiger partial charge in [-0.1, -0.05) is 32.0 Å². The van der Waals surface area contributed by atoms with E-state index < -0.39 is 60.2 Å². The van der Waals surface area contributed by atoms with E-state index in [4.69, 9.17) is 22.3 Å². The fraction of sp³-hybridized carbons (Fsp3) is 0.481. The summed E-state index contributed by atoms with van der Waals surface area (Å²) in [5.41, 5.74) is 18.6. The van der Waals surface area contributed by atoms with Crippen molar-refractivity contribution in [2.45, 2.75) is 70.1 Å². The van der Waals surface area contributed by atoms with E-state index in [1.807, 2.05) is 38.1 Å². The summed E-state index contributed by atoms with van der Waals surface area (Å²) in [7, 11) is 0. The Balaban J connectivity index is 2.17. The van der Waals surface area contributed by atoms with Gasteiger partial charge in [-0.2, -0.15) is 0 Å². The van der Waals surface area contributed by atoms with Crippen molar-refractivity contribution < 1.29 is 34.2 Å². The monoisotopic (exact) mass is 588 g/mol. The number of para-hydroxylation sites is 1. The number of guanidine groups is 1. The number of aliphatic carboxylic acids is 2. The highest BCUT2D eigenvalue weighted by Gasteiger charge is 2.31. The van der Waals surface area contributed by atoms with Crippen LogP contribution in [0.1, 0.15) is 45.1 Å². The molecule has 1 heterocycles. The van der Waals surface area contributed by atoms with Gasteiger partial charge in [0.25, 0.3) is 0 Å². The number of hydrogen-bond acceptors (Lipinski definition) is 7. The molecule has 230 valence electrons. The van der Waals surface area contributed by atoms with Gasteiger partial charge in [-0.3, -0.25) is 24.2 Å². The van der Waals surface area contributed by atoms with Crippen molar-refractivity contribution in [2.75, 3.05) is 6.54 Å². The van der Waals surface area contributed by atoms with Crippen molar-refractivity contribution in [1.29, 1.82) is 0 Å². The lowest BCUT2D eigenvalue weighted by Gasteiger charge is -2.26. The van der Waals surface area contributed by atoms with Gasteiger partial charge in [0, 0.05) is 23.6 Å². The molecule has 3 amide bonds. The van der Waals surface area contributed by atoms with Crippen LogP contribution in [0.15, 0.2) is 35.5 Å². The Labute approximate surface area is 242 Å². The Morgan fingerprint density at radius 2 is 1.55 bits per heavy atom. The second-order valence-corrected chi connectivity index (χ2v) is 10.4. The van der Waals surface area contributed by atoms with Crippen molar-refractivity contribution >= 4 is 46.5 Å². The average molecular weight is 589 g/mol. The maximum absolute atomic E-state index is 13.4. The molecule has 1 aromatic heterocycles. The van der Waals surface area contributed by atoms with Gasteiger partial charge in [0.15, 0.2) is 5.96 Å². The van der Waals surface area contributed by atoms with Crippen LogP contribution in [0.2, 0.25) is 0 Å². The van der Waals surface area contributed by atoms with E-state index in [1.54, 1.807) is 6.20 Å². The minimum atomic E-state index is -1.72. The topological polar surface area (TPSA) is 268 Å². The molecule has 2 rings (SSSR count). The average Bonchev–Trinajstić information content (AvgIpc) is 3.31. The van der Waals surface area contributed by atoms with Crippen LogP contribution >= 0.6 is 0 Å². The Hall–Kier alpha value is -4.66. The number of rotatable bonds is 17. The molecular formula is C27H40N8O7. The van der Waals surface area contributed by atoms with Crippen molar-refractivity contribution in [2.24, 2.45) is 28.1 Å². The van der Waals surface area contributed by atoms with Gasteiger partial charge < -0.3 is 48.3 Å². The van der Waals surface area contributed by atoms with Crippen LogP contribution < -0.4 is 33.2 Å². The smallest absolute Gasteiger partial charge is 0.326 e. The molecule has 2 aromatic rings. The Kier molecular flexibility index (Phi) is 12.7. The zero-order chi connectivity index (χ0) is 31.4. The number of carbonyl (C=O) groups is 5. The van der Waals surface area contributed by atoms with Crippen LogP contribution in [0.4, 0.5) is 0 Å². The third kappa shape index (κ3) is 10.7.